The number of guanidine groups is 1. The number of allylic oxidation sites excluding steroid dienone is 1. The molecule has 0 rings (SSSR count). The van der Waals surface area contributed by atoms with Crippen LogP contribution in [0.3, 0.4) is 0 Å². The van der Waals surface area contributed by atoms with Gasteiger partial charge in [0.05, 0.1) is 6.61 Å². The van der Waals surface area contributed by atoms with E-state index >= 15 is 0 Å². The van der Waals surface area contributed by atoms with E-state index in [0.717, 1.165) is 13.1 Å². The number of ether oxygens (including phenoxy) is 1. The Morgan fingerprint density at radius 2 is 2.12 bits per heavy atom. The molecule has 0 saturated carbocycles. The lowest BCUT2D eigenvalue weighted by atomic mass is 10.5. The van der Waals surface area contributed by atoms with Crippen molar-refractivity contribution in [2.75, 3.05) is 26.8 Å². The summed E-state index contributed by atoms with van der Waals surface area (Å²) >= 11 is 5.87. The van der Waals surface area contributed by atoms with Crippen LogP contribution in [-0.4, -0.2) is 43.9 Å². The van der Waals surface area contributed by atoms with Gasteiger partial charge < -0.3 is 9.64 Å². The minimum absolute atomic E-state index is 0.441. The summed E-state index contributed by atoms with van der Waals surface area (Å²) in [4.78, 5) is 10.4. The zero-order valence-electron chi connectivity index (χ0n) is 10.4. The molecule has 0 aromatic rings. The first kappa shape index (κ1) is 15.1. The van der Waals surface area contributed by atoms with Crippen LogP contribution in [0.5, 0.6) is 0 Å². The topological polar surface area (TPSA) is 37.2 Å². The fourth-order valence-electron chi connectivity index (χ4n) is 1.06. The van der Waals surface area contributed by atoms with Crippen LogP contribution in [0, 0.1) is 0 Å². The molecule has 0 heterocycles. The molecule has 0 N–H and O–H groups in total. The fourth-order valence-corrected chi connectivity index (χ4v) is 1.13. The van der Waals surface area contributed by atoms with E-state index in [0.29, 0.717) is 17.7 Å². The van der Waals surface area contributed by atoms with Crippen LogP contribution in [0.4, 0.5) is 0 Å². The molecule has 0 saturated heterocycles. The van der Waals surface area contributed by atoms with Crippen molar-refractivity contribution in [3.8, 4) is 0 Å². The lowest BCUT2D eigenvalue weighted by molar-refractivity contribution is 0.177. The second-order valence-electron chi connectivity index (χ2n) is 2.98. The highest BCUT2D eigenvalue weighted by Crippen LogP contribution is 2.05. The van der Waals surface area contributed by atoms with Crippen molar-refractivity contribution >= 4 is 23.8 Å². The Morgan fingerprint density at radius 1 is 1.44 bits per heavy atom. The van der Waals surface area contributed by atoms with Gasteiger partial charge in [0.1, 0.15) is 5.16 Å². The highest BCUT2D eigenvalue weighted by Gasteiger charge is 2.07. The summed E-state index contributed by atoms with van der Waals surface area (Å²) in [7, 11) is 1.67. The average molecular weight is 246 g/mol. The van der Waals surface area contributed by atoms with E-state index < -0.39 is 0 Å². The van der Waals surface area contributed by atoms with Gasteiger partial charge in [0.15, 0.2) is 0 Å². The summed E-state index contributed by atoms with van der Waals surface area (Å²) in [6.45, 7) is 7.93. The highest BCUT2D eigenvalue weighted by molar-refractivity contribution is 6.30. The SMILES string of the molecule is C/C=N/C(=N\C(Cl)=C/C)N(CC)CCOC. The molecule has 0 fully saturated rings. The summed E-state index contributed by atoms with van der Waals surface area (Å²) in [5.41, 5.74) is 0. The van der Waals surface area contributed by atoms with Crippen LogP contribution in [0.25, 0.3) is 0 Å². The summed E-state index contributed by atoms with van der Waals surface area (Å²) in [6.07, 6.45) is 3.44. The van der Waals surface area contributed by atoms with Gasteiger partial charge in [-0.25, -0.2) is 9.98 Å². The van der Waals surface area contributed by atoms with Gasteiger partial charge in [0.25, 0.3) is 0 Å². The second-order valence-corrected chi connectivity index (χ2v) is 3.37. The van der Waals surface area contributed by atoms with Crippen LogP contribution < -0.4 is 0 Å². The number of hydrogen-bond acceptors (Lipinski definition) is 2. The maximum absolute atomic E-state index is 5.87. The Labute approximate surface area is 103 Å². The van der Waals surface area contributed by atoms with E-state index in [9.17, 15) is 0 Å². The number of halogens is 1. The van der Waals surface area contributed by atoms with Gasteiger partial charge in [-0.15, -0.1) is 0 Å². The Hall–Kier alpha value is -0.870. The molecular formula is C11H20ClN3O. The number of rotatable bonds is 5. The molecule has 0 aliphatic carbocycles. The molecule has 0 aromatic carbocycles. The normalized spacial score (nSPS) is 13.6. The lowest BCUT2D eigenvalue weighted by Crippen LogP contribution is -2.32. The third-order valence-corrected chi connectivity index (χ3v) is 2.22. The minimum Gasteiger partial charge on any atom is -0.383 e. The van der Waals surface area contributed by atoms with Crippen molar-refractivity contribution in [3.05, 3.63) is 11.2 Å². The zero-order valence-corrected chi connectivity index (χ0v) is 11.2. The van der Waals surface area contributed by atoms with E-state index in [4.69, 9.17) is 16.3 Å². The van der Waals surface area contributed by atoms with E-state index in [1.54, 1.807) is 19.4 Å². The third-order valence-electron chi connectivity index (χ3n) is 1.92. The Kier molecular flexibility index (Phi) is 8.85. The quantitative estimate of drug-likeness (QED) is 0.424. The molecule has 16 heavy (non-hydrogen) atoms. The summed E-state index contributed by atoms with van der Waals surface area (Å²) in [6, 6.07) is 0. The zero-order chi connectivity index (χ0) is 12.4. The molecule has 92 valence electrons. The summed E-state index contributed by atoms with van der Waals surface area (Å²) < 4.78 is 5.04. The van der Waals surface area contributed by atoms with Crippen LogP contribution in [0.2, 0.25) is 0 Å². The standard InChI is InChI=1S/C11H20ClN3O/c1-5-10(12)14-11(13-6-2)15(7-3)8-9-16-4/h5-6H,7-9H2,1-4H3/b10-5-,13-6+,14-11+. The molecule has 0 unspecified atom stereocenters. The molecule has 0 atom stereocenters. The first-order valence-electron chi connectivity index (χ1n) is 5.32. The number of nitrogens with zero attached hydrogens (tertiary/aromatic N) is 3. The van der Waals surface area contributed by atoms with Gasteiger partial charge >= 0.3 is 0 Å². The van der Waals surface area contributed by atoms with Gasteiger partial charge in [-0.05, 0) is 26.8 Å². The van der Waals surface area contributed by atoms with Crippen molar-refractivity contribution in [3.63, 3.8) is 0 Å². The first-order chi connectivity index (χ1) is 7.69. The van der Waals surface area contributed by atoms with Crippen LogP contribution in [-0.2, 0) is 4.74 Å². The Balaban J connectivity index is 4.78. The number of likely N-dealkylation sites (N-methyl/N-ethyl adjacent to an activating group) is 1. The van der Waals surface area contributed by atoms with Crippen molar-refractivity contribution in [1.82, 2.24) is 4.90 Å². The van der Waals surface area contributed by atoms with Crippen molar-refractivity contribution < 1.29 is 4.74 Å². The van der Waals surface area contributed by atoms with Gasteiger partial charge in [-0.1, -0.05) is 11.6 Å². The van der Waals surface area contributed by atoms with Gasteiger partial charge in [0, 0.05) is 26.4 Å². The maximum atomic E-state index is 5.87. The molecule has 0 aliphatic rings. The molecule has 0 bridgehead atoms. The second kappa shape index (κ2) is 9.36. The van der Waals surface area contributed by atoms with Crippen molar-refractivity contribution in [2.45, 2.75) is 20.8 Å². The molecule has 0 aliphatic heterocycles. The minimum atomic E-state index is 0.441. The molecule has 0 aromatic heterocycles. The van der Waals surface area contributed by atoms with Crippen molar-refractivity contribution in [2.24, 2.45) is 9.98 Å². The fraction of sp³-hybridized carbons (Fsp3) is 0.636. The van der Waals surface area contributed by atoms with E-state index in [-0.39, 0.29) is 0 Å². The first-order valence-corrected chi connectivity index (χ1v) is 5.70. The summed E-state index contributed by atoms with van der Waals surface area (Å²) in [5.74, 6) is 0.616. The lowest BCUT2D eigenvalue weighted by Gasteiger charge is -2.21. The monoisotopic (exact) mass is 245 g/mol. The molecule has 5 heteroatoms. The maximum Gasteiger partial charge on any atom is 0.226 e. The van der Waals surface area contributed by atoms with Gasteiger partial charge in [0.2, 0.25) is 5.96 Å². The smallest absolute Gasteiger partial charge is 0.226 e. The van der Waals surface area contributed by atoms with E-state index in [1.165, 1.54) is 0 Å². The molecule has 4 nitrogen and oxygen atoms in total. The van der Waals surface area contributed by atoms with Gasteiger partial charge in [-0.3, -0.25) is 0 Å². The number of aliphatic imine (C=N–C) groups is 2. The van der Waals surface area contributed by atoms with E-state index in [2.05, 4.69) is 9.98 Å². The average Bonchev–Trinajstić information content (AvgIpc) is 2.30. The van der Waals surface area contributed by atoms with Crippen LogP contribution in [0.15, 0.2) is 21.2 Å². The molecule has 0 amide bonds. The highest BCUT2D eigenvalue weighted by atomic mass is 35.5. The van der Waals surface area contributed by atoms with Crippen LogP contribution >= 0.6 is 11.6 Å². The molecular weight excluding hydrogens is 226 g/mol. The molecule has 0 radical (unpaired) electrons. The predicted molar refractivity (Wildman–Crippen MR) is 70.3 cm³/mol. The van der Waals surface area contributed by atoms with Gasteiger partial charge in [-0.2, -0.15) is 0 Å². The summed E-state index contributed by atoms with van der Waals surface area (Å²) in [5, 5.41) is 0.441. The van der Waals surface area contributed by atoms with Crippen LogP contribution in [0.1, 0.15) is 20.8 Å². The number of methoxy groups -OCH3 is 1. The Bertz CT molecular complexity index is 274. The Morgan fingerprint density at radius 3 is 2.56 bits per heavy atom. The largest absolute Gasteiger partial charge is 0.383 e. The predicted octanol–water partition coefficient (Wildman–Crippen LogP) is 2.50. The third kappa shape index (κ3) is 5.88. The molecule has 0 spiro atoms. The number of hydrogen-bond donors (Lipinski definition) is 0. The van der Waals surface area contributed by atoms with E-state index in [1.807, 2.05) is 25.7 Å². The van der Waals surface area contributed by atoms with Crippen molar-refractivity contribution in [1.29, 1.82) is 0 Å².